The van der Waals surface area contributed by atoms with Gasteiger partial charge in [0.05, 0.1) is 5.69 Å². The van der Waals surface area contributed by atoms with Crippen LogP contribution in [-0.4, -0.2) is 63.1 Å². The fourth-order valence-corrected chi connectivity index (χ4v) is 3.53. The van der Waals surface area contributed by atoms with E-state index in [1.165, 1.54) is 12.1 Å². The second-order valence-corrected chi connectivity index (χ2v) is 7.32. The van der Waals surface area contributed by atoms with Crippen LogP contribution in [-0.2, 0) is 4.79 Å². The first kappa shape index (κ1) is 20.4. The van der Waals surface area contributed by atoms with Gasteiger partial charge in [0.15, 0.2) is 5.96 Å². The summed E-state index contributed by atoms with van der Waals surface area (Å²) in [5, 5.41) is 6.30. The van der Waals surface area contributed by atoms with Crippen LogP contribution in [0.3, 0.4) is 0 Å². The lowest BCUT2D eigenvalue weighted by Crippen LogP contribution is -2.53. The number of anilines is 1. The maximum atomic E-state index is 14.0. The topological polar surface area (TPSA) is 60.0 Å². The van der Waals surface area contributed by atoms with Crippen LogP contribution in [0.25, 0.3) is 0 Å². The fraction of sp³-hybridized carbons (Fsp3) is 0.600. The lowest BCUT2D eigenvalue weighted by molar-refractivity contribution is -0.127. The van der Waals surface area contributed by atoms with Gasteiger partial charge in [-0.3, -0.25) is 9.79 Å². The zero-order valence-corrected chi connectivity index (χ0v) is 16.4. The lowest BCUT2D eigenvalue weighted by atomic mass is 9.85. The summed E-state index contributed by atoms with van der Waals surface area (Å²) in [6.07, 6.45) is 4.02. The molecule has 0 bridgehead atoms. The molecule has 0 atom stereocenters. The Morgan fingerprint density at radius 2 is 1.86 bits per heavy atom. The van der Waals surface area contributed by atoms with Gasteiger partial charge in [0.25, 0.3) is 0 Å². The summed E-state index contributed by atoms with van der Waals surface area (Å²) in [6.45, 7) is 3.92. The van der Waals surface area contributed by atoms with E-state index in [4.69, 9.17) is 0 Å². The standard InChI is InChI=1S/C20H29F2N5O/c1-23-20(25-9-3-8-24-19(28)15-4-2-5-15)27-12-10-26(11-13-27)18-14-16(21)6-7-17(18)22/h6-7,14-15H,2-5,8-13H2,1H3,(H,23,25)(H,24,28). The Labute approximate surface area is 165 Å². The monoisotopic (exact) mass is 393 g/mol. The minimum Gasteiger partial charge on any atom is -0.366 e. The van der Waals surface area contributed by atoms with Crippen molar-refractivity contribution in [1.29, 1.82) is 0 Å². The van der Waals surface area contributed by atoms with E-state index < -0.39 is 11.6 Å². The summed E-state index contributed by atoms with van der Waals surface area (Å²) in [5.41, 5.74) is 0.310. The minimum absolute atomic E-state index is 0.177. The predicted octanol–water partition coefficient (Wildman–Crippen LogP) is 1.97. The quantitative estimate of drug-likeness (QED) is 0.441. The first-order valence-corrected chi connectivity index (χ1v) is 10.0. The van der Waals surface area contributed by atoms with Crippen LogP contribution < -0.4 is 15.5 Å². The highest BCUT2D eigenvalue weighted by Crippen LogP contribution is 2.26. The highest BCUT2D eigenvalue weighted by atomic mass is 19.1. The van der Waals surface area contributed by atoms with Gasteiger partial charge in [-0.25, -0.2) is 8.78 Å². The summed E-state index contributed by atoms with van der Waals surface area (Å²) in [7, 11) is 1.74. The van der Waals surface area contributed by atoms with Gasteiger partial charge in [0, 0.05) is 58.3 Å². The van der Waals surface area contributed by atoms with Crippen molar-refractivity contribution in [3.8, 4) is 0 Å². The van der Waals surface area contributed by atoms with Gasteiger partial charge in [-0.1, -0.05) is 6.42 Å². The SMILES string of the molecule is CN=C(NCCCNC(=O)C1CCC1)N1CCN(c2cc(F)ccc2F)CC1. The Morgan fingerprint density at radius 1 is 1.14 bits per heavy atom. The number of rotatable bonds is 6. The van der Waals surface area contributed by atoms with Crippen LogP contribution >= 0.6 is 0 Å². The smallest absolute Gasteiger partial charge is 0.223 e. The number of carbonyl (C=O) groups is 1. The molecule has 2 N–H and O–H groups in total. The molecule has 1 aromatic rings. The highest BCUT2D eigenvalue weighted by molar-refractivity contribution is 5.80. The van der Waals surface area contributed by atoms with Crippen molar-refractivity contribution in [3.63, 3.8) is 0 Å². The average Bonchev–Trinajstić information content (AvgIpc) is 2.65. The molecule has 8 heteroatoms. The zero-order chi connectivity index (χ0) is 19.9. The molecular weight excluding hydrogens is 364 g/mol. The average molecular weight is 393 g/mol. The number of aliphatic imine (C=N–C) groups is 1. The molecule has 1 saturated heterocycles. The third kappa shape index (κ3) is 5.11. The molecule has 2 fully saturated rings. The number of guanidine groups is 1. The van der Waals surface area contributed by atoms with Crippen LogP contribution in [0.1, 0.15) is 25.7 Å². The summed E-state index contributed by atoms with van der Waals surface area (Å²) in [4.78, 5) is 20.1. The fourth-order valence-electron chi connectivity index (χ4n) is 3.53. The molecule has 1 saturated carbocycles. The van der Waals surface area contributed by atoms with Crippen LogP contribution in [0.15, 0.2) is 23.2 Å². The van der Waals surface area contributed by atoms with E-state index in [2.05, 4.69) is 20.5 Å². The van der Waals surface area contributed by atoms with E-state index in [1.54, 1.807) is 7.05 Å². The Hall–Kier alpha value is -2.38. The molecule has 0 aromatic heterocycles. The zero-order valence-electron chi connectivity index (χ0n) is 16.4. The molecule has 154 valence electrons. The van der Waals surface area contributed by atoms with Crippen LogP contribution in [0.2, 0.25) is 0 Å². The number of benzene rings is 1. The van der Waals surface area contributed by atoms with Crippen molar-refractivity contribution in [1.82, 2.24) is 15.5 Å². The number of amides is 1. The molecule has 1 heterocycles. The van der Waals surface area contributed by atoms with Gasteiger partial charge < -0.3 is 20.4 Å². The molecule has 0 radical (unpaired) electrons. The van der Waals surface area contributed by atoms with Gasteiger partial charge in [0.2, 0.25) is 5.91 Å². The van der Waals surface area contributed by atoms with Crippen LogP contribution in [0.5, 0.6) is 0 Å². The van der Waals surface area contributed by atoms with Gasteiger partial charge in [-0.2, -0.15) is 0 Å². The first-order chi connectivity index (χ1) is 13.6. The van der Waals surface area contributed by atoms with Crippen molar-refractivity contribution < 1.29 is 13.6 Å². The molecular formula is C20H29F2N5O. The second kappa shape index (κ2) is 9.71. The molecule has 1 amide bonds. The molecule has 0 spiro atoms. The molecule has 1 aliphatic heterocycles. The van der Waals surface area contributed by atoms with E-state index in [1.807, 2.05) is 4.90 Å². The number of halogens is 2. The number of nitrogens with one attached hydrogen (secondary N) is 2. The summed E-state index contributed by atoms with van der Waals surface area (Å²) < 4.78 is 27.4. The molecule has 6 nitrogen and oxygen atoms in total. The van der Waals surface area contributed by atoms with Crippen molar-refractivity contribution in [2.75, 3.05) is 51.2 Å². The number of carbonyl (C=O) groups excluding carboxylic acids is 1. The molecule has 2 aliphatic rings. The van der Waals surface area contributed by atoms with E-state index in [0.717, 1.165) is 44.3 Å². The Balaban J connectivity index is 1.38. The molecule has 28 heavy (non-hydrogen) atoms. The van der Waals surface area contributed by atoms with Gasteiger partial charge in [-0.05, 0) is 31.4 Å². The van der Waals surface area contributed by atoms with E-state index in [9.17, 15) is 13.6 Å². The first-order valence-electron chi connectivity index (χ1n) is 10.0. The van der Waals surface area contributed by atoms with Crippen LogP contribution in [0.4, 0.5) is 14.5 Å². The summed E-state index contributed by atoms with van der Waals surface area (Å²) in [5.74, 6) is 0.364. The normalized spacial score (nSPS) is 18.0. The van der Waals surface area contributed by atoms with Crippen molar-refractivity contribution in [2.45, 2.75) is 25.7 Å². The van der Waals surface area contributed by atoms with E-state index in [-0.39, 0.29) is 11.8 Å². The van der Waals surface area contributed by atoms with Crippen LogP contribution in [0, 0.1) is 17.6 Å². The molecule has 1 aliphatic carbocycles. The molecule has 0 unspecified atom stereocenters. The van der Waals surface area contributed by atoms with Gasteiger partial charge in [-0.15, -0.1) is 0 Å². The van der Waals surface area contributed by atoms with Gasteiger partial charge in [0.1, 0.15) is 11.6 Å². The Bertz CT molecular complexity index is 700. The lowest BCUT2D eigenvalue weighted by Gasteiger charge is -2.37. The van der Waals surface area contributed by atoms with E-state index in [0.29, 0.717) is 38.4 Å². The maximum Gasteiger partial charge on any atom is 0.223 e. The van der Waals surface area contributed by atoms with Gasteiger partial charge >= 0.3 is 0 Å². The number of nitrogens with zero attached hydrogens (tertiary/aromatic N) is 3. The summed E-state index contributed by atoms with van der Waals surface area (Å²) >= 11 is 0. The Morgan fingerprint density at radius 3 is 2.50 bits per heavy atom. The predicted molar refractivity (Wildman–Crippen MR) is 106 cm³/mol. The summed E-state index contributed by atoms with van der Waals surface area (Å²) in [6, 6.07) is 3.55. The van der Waals surface area contributed by atoms with Crippen molar-refractivity contribution >= 4 is 17.6 Å². The van der Waals surface area contributed by atoms with Crippen molar-refractivity contribution in [3.05, 3.63) is 29.8 Å². The third-order valence-corrected chi connectivity index (χ3v) is 5.45. The minimum atomic E-state index is -0.430. The maximum absolute atomic E-state index is 14.0. The Kier molecular flexibility index (Phi) is 7.06. The largest absolute Gasteiger partial charge is 0.366 e. The number of hydrogen-bond donors (Lipinski definition) is 2. The third-order valence-electron chi connectivity index (χ3n) is 5.45. The second-order valence-electron chi connectivity index (χ2n) is 7.32. The molecule has 3 rings (SSSR count). The van der Waals surface area contributed by atoms with Crippen molar-refractivity contribution in [2.24, 2.45) is 10.9 Å². The van der Waals surface area contributed by atoms with E-state index >= 15 is 0 Å². The highest BCUT2D eigenvalue weighted by Gasteiger charge is 2.24. The number of piperazine rings is 1. The number of hydrogen-bond acceptors (Lipinski definition) is 3. The molecule has 1 aromatic carbocycles.